The second-order valence-electron chi connectivity index (χ2n) is 4.41. The van der Waals surface area contributed by atoms with Crippen molar-refractivity contribution in [2.45, 2.75) is 19.8 Å². The first-order valence-electron chi connectivity index (χ1n) is 6.85. The molecule has 0 aliphatic heterocycles. The number of aromatic nitrogens is 2. The number of nitrogens with one attached hydrogen (secondary N) is 2. The van der Waals surface area contributed by atoms with E-state index in [1.165, 1.54) is 11.2 Å². The van der Waals surface area contributed by atoms with E-state index in [2.05, 4.69) is 27.5 Å². The number of hydrogen-bond donors (Lipinski definition) is 2. The average molecular weight is 327 g/mol. The van der Waals surface area contributed by atoms with E-state index < -0.39 is 0 Å². The number of ether oxygens (including phenoxy) is 1. The van der Waals surface area contributed by atoms with E-state index >= 15 is 0 Å². The first kappa shape index (κ1) is 15.9. The normalized spacial score (nSPS) is 10.4. The molecule has 2 heterocycles. The molecule has 0 atom stereocenters. The van der Waals surface area contributed by atoms with Crippen molar-refractivity contribution in [3.8, 4) is 5.75 Å². The lowest BCUT2D eigenvalue weighted by Gasteiger charge is -2.13. The van der Waals surface area contributed by atoms with Gasteiger partial charge in [0, 0.05) is 18.0 Å². The third kappa shape index (κ3) is 4.47. The smallest absolute Gasteiger partial charge is 0.204 e. The molecule has 0 saturated heterocycles. The molecule has 2 aromatic heterocycles. The number of hydrogen-bond acceptors (Lipinski definition) is 6. The summed E-state index contributed by atoms with van der Waals surface area (Å²) in [7, 11) is 1.63. The summed E-state index contributed by atoms with van der Waals surface area (Å²) in [5.41, 5.74) is 0. The molecule has 0 amide bonds. The number of halogens is 1. The minimum atomic E-state index is 0.648. The lowest BCUT2D eigenvalue weighted by molar-refractivity contribution is 0.414. The van der Waals surface area contributed by atoms with Crippen LogP contribution in [0.4, 0.5) is 11.6 Å². The summed E-state index contributed by atoms with van der Waals surface area (Å²) in [6.07, 6.45) is 3.45. The van der Waals surface area contributed by atoms with E-state index in [-0.39, 0.29) is 0 Å². The molecule has 2 N–H and O–H groups in total. The van der Waals surface area contributed by atoms with Crippen LogP contribution in [0.25, 0.3) is 0 Å². The van der Waals surface area contributed by atoms with Crippen molar-refractivity contribution in [3.63, 3.8) is 0 Å². The quantitative estimate of drug-likeness (QED) is 0.775. The molecule has 2 aromatic rings. The fourth-order valence-electron chi connectivity index (χ4n) is 1.85. The highest BCUT2D eigenvalue weighted by molar-refractivity contribution is 7.16. The van der Waals surface area contributed by atoms with Crippen LogP contribution in [0.1, 0.15) is 18.2 Å². The van der Waals surface area contributed by atoms with Crippen LogP contribution in [0.15, 0.2) is 18.5 Å². The minimum Gasteiger partial charge on any atom is -0.490 e. The zero-order valence-corrected chi connectivity index (χ0v) is 13.7. The van der Waals surface area contributed by atoms with Gasteiger partial charge in [-0.2, -0.15) is 0 Å². The predicted octanol–water partition coefficient (Wildman–Crippen LogP) is 3.68. The maximum atomic E-state index is 5.92. The Morgan fingerprint density at radius 1 is 1.19 bits per heavy atom. The largest absolute Gasteiger partial charge is 0.490 e. The van der Waals surface area contributed by atoms with Gasteiger partial charge in [0.15, 0.2) is 11.6 Å². The first-order valence-corrected chi connectivity index (χ1v) is 8.05. The molecular formula is C14H19ClN4OS. The van der Waals surface area contributed by atoms with Gasteiger partial charge in [-0.05, 0) is 25.0 Å². The zero-order chi connectivity index (χ0) is 15.1. The Bertz CT molecular complexity index is 576. The second kappa shape index (κ2) is 8.05. The summed E-state index contributed by atoms with van der Waals surface area (Å²) >= 11 is 7.52. The van der Waals surface area contributed by atoms with Crippen LogP contribution >= 0.6 is 22.9 Å². The summed E-state index contributed by atoms with van der Waals surface area (Å²) in [4.78, 5) is 9.70. The van der Waals surface area contributed by atoms with Crippen LogP contribution in [-0.2, 0) is 6.42 Å². The number of anilines is 2. The molecular weight excluding hydrogens is 308 g/mol. The lowest BCUT2D eigenvalue weighted by atomic mass is 10.3. The van der Waals surface area contributed by atoms with Crippen LogP contribution in [0, 0.1) is 0 Å². The topological polar surface area (TPSA) is 59.1 Å². The highest BCUT2D eigenvalue weighted by Gasteiger charge is 2.11. The van der Waals surface area contributed by atoms with Crippen molar-refractivity contribution in [1.82, 2.24) is 9.97 Å². The van der Waals surface area contributed by atoms with Crippen LogP contribution in [-0.4, -0.2) is 30.2 Å². The van der Waals surface area contributed by atoms with Gasteiger partial charge in [-0.15, -0.1) is 11.3 Å². The van der Waals surface area contributed by atoms with E-state index in [1.54, 1.807) is 18.4 Å². The molecule has 5 nitrogen and oxygen atoms in total. The van der Waals surface area contributed by atoms with Gasteiger partial charge < -0.3 is 15.4 Å². The van der Waals surface area contributed by atoms with E-state index in [4.69, 9.17) is 16.3 Å². The molecule has 0 fully saturated rings. The fourth-order valence-corrected chi connectivity index (χ4v) is 2.94. The highest BCUT2D eigenvalue weighted by Crippen LogP contribution is 2.29. The molecule has 0 saturated carbocycles. The third-order valence-electron chi connectivity index (χ3n) is 2.84. The SMILES string of the molecule is CCCNc1ncnc(NCCc2ccc(Cl)s2)c1OC. The van der Waals surface area contributed by atoms with Gasteiger partial charge in [-0.25, -0.2) is 9.97 Å². The van der Waals surface area contributed by atoms with Crippen LogP contribution in [0.3, 0.4) is 0 Å². The van der Waals surface area contributed by atoms with E-state index in [1.807, 2.05) is 12.1 Å². The summed E-state index contributed by atoms with van der Waals surface area (Å²) < 4.78 is 6.23. The maximum Gasteiger partial charge on any atom is 0.204 e. The van der Waals surface area contributed by atoms with Crippen molar-refractivity contribution in [3.05, 3.63) is 27.7 Å². The molecule has 114 valence electrons. The Hall–Kier alpha value is -1.53. The van der Waals surface area contributed by atoms with Gasteiger partial charge in [-0.1, -0.05) is 18.5 Å². The van der Waals surface area contributed by atoms with Crippen LogP contribution in [0.2, 0.25) is 4.34 Å². The number of rotatable bonds is 8. The molecule has 0 aliphatic rings. The van der Waals surface area contributed by atoms with Crippen molar-refractivity contribution in [2.24, 2.45) is 0 Å². The number of methoxy groups -OCH3 is 1. The minimum absolute atomic E-state index is 0.648. The fraction of sp³-hybridized carbons (Fsp3) is 0.429. The van der Waals surface area contributed by atoms with Gasteiger partial charge >= 0.3 is 0 Å². The Labute approximate surface area is 133 Å². The van der Waals surface area contributed by atoms with Gasteiger partial charge in [0.25, 0.3) is 0 Å². The van der Waals surface area contributed by atoms with Crippen LogP contribution in [0.5, 0.6) is 5.75 Å². The Balaban J connectivity index is 1.98. The Morgan fingerprint density at radius 3 is 2.48 bits per heavy atom. The number of nitrogens with zero attached hydrogens (tertiary/aromatic N) is 2. The van der Waals surface area contributed by atoms with Crippen molar-refractivity contribution < 1.29 is 4.74 Å². The maximum absolute atomic E-state index is 5.92. The van der Waals surface area contributed by atoms with Crippen molar-refractivity contribution >= 4 is 34.6 Å². The molecule has 0 radical (unpaired) electrons. The molecule has 7 heteroatoms. The molecule has 0 aromatic carbocycles. The molecule has 0 bridgehead atoms. The van der Waals surface area contributed by atoms with Crippen molar-refractivity contribution in [1.29, 1.82) is 0 Å². The Morgan fingerprint density at radius 2 is 1.90 bits per heavy atom. The third-order valence-corrected chi connectivity index (χ3v) is 4.13. The summed E-state index contributed by atoms with van der Waals surface area (Å²) in [5.74, 6) is 2.07. The van der Waals surface area contributed by atoms with Crippen molar-refractivity contribution in [2.75, 3.05) is 30.8 Å². The number of thiophene rings is 1. The van der Waals surface area contributed by atoms with Gasteiger partial charge in [0.2, 0.25) is 5.75 Å². The molecule has 21 heavy (non-hydrogen) atoms. The molecule has 0 spiro atoms. The monoisotopic (exact) mass is 326 g/mol. The summed E-state index contributed by atoms with van der Waals surface area (Å²) in [5, 5.41) is 6.52. The van der Waals surface area contributed by atoms with Gasteiger partial charge in [0.1, 0.15) is 6.33 Å². The zero-order valence-electron chi connectivity index (χ0n) is 12.1. The first-order chi connectivity index (χ1) is 10.2. The standard InChI is InChI=1S/C14H19ClN4OS/c1-3-7-16-13-12(20-2)14(19-9-18-13)17-8-6-10-4-5-11(15)21-10/h4-5,9H,3,6-8H2,1-2H3,(H2,16,17,18,19). The summed E-state index contributed by atoms with van der Waals surface area (Å²) in [6, 6.07) is 3.96. The van der Waals surface area contributed by atoms with Gasteiger partial charge in [0.05, 0.1) is 11.4 Å². The molecule has 0 unspecified atom stereocenters. The highest BCUT2D eigenvalue weighted by atomic mass is 35.5. The lowest BCUT2D eigenvalue weighted by Crippen LogP contribution is -2.10. The van der Waals surface area contributed by atoms with E-state index in [0.717, 1.165) is 36.1 Å². The Kier molecular flexibility index (Phi) is 6.07. The molecule has 2 rings (SSSR count). The van der Waals surface area contributed by atoms with E-state index in [9.17, 15) is 0 Å². The molecule has 0 aliphatic carbocycles. The van der Waals surface area contributed by atoms with E-state index in [0.29, 0.717) is 11.6 Å². The average Bonchev–Trinajstić information content (AvgIpc) is 2.90. The predicted molar refractivity (Wildman–Crippen MR) is 88.9 cm³/mol. The van der Waals surface area contributed by atoms with Gasteiger partial charge in [-0.3, -0.25) is 0 Å². The summed E-state index contributed by atoms with van der Waals surface area (Å²) in [6.45, 7) is 3.71. The second-order valence-corrected chi connectivity index (χ2v) is 6.21. The van der Waals surface area contributed by atoms with Crippen LogP contribution < -0.4 is 15.4 Å².